The molecule has 5 heteroatoms. The zero-order valence-corrected chi connectivity index (χ0v) is 11.6. The minimum absolute atomic E-state index is 0.128. The zero-order chi connectivity index (χ0) is 13.9. The molecule has 1 aliphatic rings. The van der Waals surface area contributed by atoms with Gasteiger partial charge in [0.25, 0.3) is 5.69 Å². The van der Waals surface area contributed by atoms with Crippen LogP contribution in [0.25, 0.3) is 0 Å². The fourth-order valence-electron chi connectivity index (χ4n) is 2.43. The lowest BCUT2D eigenvalue weighted by Gasteiger charge is -2.26. The summed E-state index contributed by atoms with van der Waals surface area (Å²) < 4.78 is 0. The van der Waals surface area contributed by atoms with Crippen molar-refractivity contribution in [2.24, 2.45) is 0 Å². The van der Waals surface area contributed by atoms with Crippen LogP contribution in [0.2, 0.25) is 0 Å². The number of anilines is 1. The predicted molar refractivity (Wildman–Crippen MR) is 81.2 cm³/mol. The molecule has 2 aromatic carbocycles. The summed E-state index contributed by atoms with van der Waals surface area (Å²) in [7, 11) is 0. The quantitative estimate of drug-likeness (QED) is 0.677. The second kappa shape index (κ2) is 5.54. The molecule has 0 spiro atoms. The molecule has 1 atom stereocenters. The first-order valence-corrected chi connectivity index (χ1v) is 7.46. The van der Waals surface area contributed by atoms with Crippen LogP contribution in [0.4, 0.5) is 11.4 Å². The summed E-state index contributed by atoms with van der Waals surface area (Å²) >= 11 is 1.84. The van der Waals surface area contributed by atoms with Crippen molar-refractivity contribution in [3.05, 3.63) is 64.2 Å². The molecular formula is C15H14N2O2S. The van der Waals surface area contributed by atoms with E-state index in [0.717, 1.165) is 12.2 Å². The average Bonchev–Trinajstić information content (AvgIpc) is 2.48. The molecule has 0 aliphatic carbocycles. The van der Waals surface area contributed by atoms with Crippen molar-refractivity contribution < 1.29 is 4.92 Å². The topological polar surface area (TPSA) is 55.2 Å². The largest absolute Gasteiger partial charge is 0.373 e. The molecule has 1 N–H and O–H groups in total. The first-order chi connectivity index (χ1) is 9.75. The SMILES string of the molecule is O=[N+]([O-])c1ccccc1NC1CCSc2ccccc21. The lowest BCUT2D eigenvalue weighted by Crippen LogP contribution is -2.16. The summed E-state index contributed by atoms with van der Waals surface area (Å²) in [4.78, 5) is 12.0. The van der Waals surface area contributed by atoms with E-state index in [1.807, 2.05) is 30.0 Å². The lowest BCUT2D eigenvalue weighted by molar-refractivity contribution is -0.384. The van der Waals surface area contributed by atoms with Crippen molar-refractivity contribution in [3.63, 3.8) is 0 Å². The van der Waals surface area contributed by atoms with Crippen LogP contribution in [0.5, 0.6) is 0 Å². The summed E-state index contributed by atoms with van der Waals surface area (Å²) in [5.41, 5.74) is 1.94. The third-order valence-corrected chi connectivity index (χ3v) is 4.51. The third kappa shape index (κ3) is 2.49. The molecule has 2 aromatic rings. The molecular weight excluding hydrogens is 272 g/mol. The van der Waals surface area contributed by atoms with Gasteiger partial charge in [-0.3, -0.25) is 10.1 Å². The van der Waals surface area contributed by atoms with E-state index in [-0.39, 0.29) is 16.7 Å². The molecule has 0 amide bonds. The predicted octanol–water partition coefficient (Wildman–Crippen LogP) is 4.24. The van der Waals surface area contributed by atoms with Crippen LogP contribution in [-0.2, 0) is 0 Å². The number of para-hydroxylation sites is 2. The number of nitrogens with zero attached hydrogens (tertiary/aromatic N) is 1. The molecule has 0 saturated heterocycles. The van der Waals surface area contributed by atoms with Crippen LogP contribution >= 0.6 is 11.8 Å². The first-order valence-electron chi connectivity index (χ1n) is 6.47. The van der Waals surface area contributed by atoms with E-state index in [1.54, 1.807) is 12.1 Å². The highest BCUT2D eigenvalue weighted by atomic mass is 32.2. The maximum absolute atomic E-state index is 11.1. The van der Waals surface area contributed by atoms with Crippen molar-refractivity contribution in [1.82, 2.24) is 0 Å². The molecule has 0 saturated carbocycles. The van der Waals surface area contributed by atoms with Crippen LogP contribution in [0.15, 0.2) is 53.4 Å². The van der Waals surface area contributed by atoms with Crippen molar-refractivity contribution in [2.45, 2.75) is 17.4 Å². The Labute approximate surface area is 121 Å². The van der Waals surface area contributed by atoms with Gasteiger partial charge in [0.2, 0.25) is 0 Å². The number of nitro benzene ring substituents is 1. The van der Waals surface area contributed by atoms with Crippen LogP contribution in [0.1, 0.15) is 18.0 Å². The molecule has 3 rings (SSSR count). The minimum Gasteiger partial charge on any atom is -0.373 e. The highest BCUT2D eigenvalue weighted by Crippen LogP contribution is 2.38. The second-order valence-electron chi connectivity index (χ2n) is 4.65. The van der Waals surface area contributed by atoms with E-state index < -0.39 is 0 Å². The van der Waals surface area contributed by atoms with Crippen molar-refractivity contribution in [2.75, 3.05) is 11.1 Å². The Bertz CT molecular complexity index is 645. The smallest absolute Gasteiger partial charge is 0.292 e. The Morgan fingerprint density at radius 2 is 1.90 bits per heavy atom. The normalized spacial score (nSPS) is 17.3. The van der Waals surface area contributed by atoms with Gasteiger partial charge in [0, 0.05) is 16.7 Å². The highest BCUT2D eigenvalue weighted by Gasteiger charge is 2.22. The molecule has 102 valence electrons. The number of nitro groups is 1. The van der Waals surface area contributed by atoms with E-state index >= 15 is 0 Å². The van der Waals surface area contributed by atoms with Crippen molar-refractivity contribution in [1.29, 1.82) is 0 Å². The van der Waals surface area contributed by atoms with E-state index in [1.165, 1.54) is 16.5 Å². The molecule has 1 aliphatic heterocycles. The van der Waals surface area contributed by atoms with Crippen molar-refractivity contribution >= 4 is 23.1 Å². The van der Waals surface area contributed by atoms with Gasteiger partial charge >= 0.3 is 0 Å². The van der Waals surface area contributed by atoms with Crippen molar-refractivity contribution in [3.8, 4) is 0 Å². The number of hydrogen-bond donors (Lipinski definition) is 1. The van der Waals surface area contributed by atoms with Gasteiger partial charge in [-0.05, 0) is 24.1 Å². The maximum Gasteiger partial charge on any atom is 0.292 e. The average molecular weight is 286 g/mol. The van der Waals surface area contributed by atoms with Crippen LogP contribution < -0.4 is 5.32 Å². The zero-order valence-electron chi connectivity index (χ0n) is 10.8. The van der Waals surface area contributed by atoms with Gasteiger partial charge in [-0.25, -0.2) is 0 Å². The molecule has 0 radical (unpaired) electrons. The summed E-state index contributed by atoms with van der Waals surface area (Å²) in [5.74, 6) is 1.02. The number of nitrogens with one attached hydrogen (secondary N) is 1. The number of rotatable bonds is 3. The monoisotopic (exact) mass is 286 g/mol. The van der Waals surface area contributed by atoms with Gasteiger partial charge in [0.05, 0.1) is 11.0 Å². The molecule has 20 heavy (non-hydrogen) atoms. The number of benzene rings is 2. The standard InChI is InChI=1S/C15H14N2O2S/c18-17(19)14-7-3-2-6-13(14)16-12-9-10-20-15-8-4-1-5-11(12)15/h1-8,12,16H,9-10H2. The number of fused-ring (bicyclic) bond motifs is 1. The van der Waals surface area contributed by atoms with Gasteiger partial charge in [0.15, 0.2) is 0 Å². The Balaban J connectivity index is 1.92. The fraction of sp³-hybridized carbons (Fsp3) is 0.200. The van der Waals surface area contributed by atoms with Crippen LogP contribution in [0, 0.1) is 10.1 Å². The maximum atomic E-state index is 11.1. The fourth-order valence-corrected chi connectivity index (χ4v) is 3.56. The third-order valence-electron chi connectivity index (χ3n) is 3.39. The Hall–Kier alpha value is -2.01. The molecule has 0 bridgehead atoms. The van der Waals surface area contributed by atoms with E-state index in [9.17, 15) is 10.1 Å². The van der Waals surface area contributed by atoms with Gasteiger partial charge in [0.1, 0.15) is 5.69 Å². The van der Waals surface area contributed by atoms with Gasteiger partial charge in [-0.15, -0.1) is 11.8 Å². The summed E-state index contributed by atoms with van der Waals surface area (Å²) in [5, 5.41) is 14.4. The molecule has 4 nitrogen and oxygen atoms in total. The number of hydrogen-bond acceptors (Lipinski definition) is 4. The Morgan fingerprint density at radius 1 is 1.15 bits per heavy atom. The molecule has 0 fully saturated rings. The summed E-state index contributed by atoms with van der Waals surface area (Å²) in [6.45, 7) is 0. The van der Waals surface area contributed by atoms with E-state index in [2.05, 4.69) is 17.4 Å². The van der Waals surface area contributed by atoms with Gasteiger partial charge < -0.3 is 5.32 Å². The van der Waals surface area contributed by atoms with Gasteiger partial charge in [-0.1, -0.05) is 30.3 Å². The van der Waals surface area contributed by atoms with E-state index in [4.69, 9.17) is 0 Å². The molecule has 1 heterocycles. The molecule has 0 aromatic heterocycles. The Kier molecular flexibility index (Phi) is 3.60. The van der Waals surface area contributed by atoms with E-state index in [0.29, 0.717) is 5.69 Å². The summed E-state index contributed by atoms with van der Waals surface area (Å²) in [6, 6.07) is 15.2. The lowest BCUT2D eigenvalue weighted by atomic mass is 10.0. The van der Waals surface area contributed by atoms with Crippen LogP contribution in [0.3, 0.4) is 0 Å². The van der Waals surface area contributed by atoms with Crippen LogP contribution in [-0.4, -0.2) is 10.7 Å². The molecule has 1 unspecified atom stereocenters. The van der Waals surface area contributed by atoms with Gasteiger partial charge in [-0.2, -0.15) is 0 Å². The Morgan fingerprint density at radius 3 is 2.75 bits per heavy atom. The summed E-state index contributed by atoms with van der Waals surface area (Å²) in [6.07, 6.45) is 0.966. The highest BCUT2D eigenvalue weighted by molar-refractivity contribution is 7.99. The minimum atomic E-state index is -0.341. The number of thioether (sulfide) groups is 1. The second-order valence-corrected chi connectivity index (χ2v) is 5.78. The first kappa shape index (κ1) is 13.0.